The SMILES string of the molecule is C=C1C(c2cccc(F)c2Cl)=CN(CC(=O)N2CCC(N3CCc4ccccc4NC3=O)CC2)C(=C)N1CC(=O)OC. The van der Waals surface area contributed by atoms with E-state index in [1.807, 2.05) is 29.2 Å². The number of carbonyl (C=O) groups excluding carboxylic acids is 3. The molecule has 0 atom stereocenters. The maximum absolute atomic E-state index is 14.3. The van der Waals surface area contributed by atoms with Crippen molar-refractivity contribution in [2.75, 3.05) is 45.2 Å². The van der Waals surface area contributed by atoms with E-state index < -0.39 is 11.8 Å². The van der Waals surface area contributed by atoms with Crippen LogP contribution in [-0.2, 0) is 20.7 Å². The highest BCUT2D eigenvalue weighted by Gasteiger charge is 2.34. The Morgan fingerprint density at radius 2 is 1.81 bits per heavy atom. The minimum Gasteiger partial charge on any atom is -0.468 e. The molecule has 0 bridgehead atoms. The topological polar surface area (TPSA) is 85.4 Å². The maximum Gasteiger partial charge on any atom is 0.325 e. The van der Waals surface area contributed by atoms with Gasteiger partial charge >= 0.3 is 12.0 Å². The number of anilines is 1. The van der Waals surface area contributed by atoms with E-state index in [1.165, 1.54) is 24.1 Å². The van der Waals surface area contributed by atoms with Gasteiger partial charge in [-0.3, -0.25) is 9.59 Å². The van der Waals surface area contributed by atoms with Gasteiger partial charge in [-0.15, -0.1) is 0 Å². The first-order valence-electron chi connectivity index (χ1n) is 13.8. The highest BCUT2D eigenvalue weighted by molar-refractivity contribution is 6.32. The number of urea groups is 1. The lowest BCUT2D eigenvalue weighted by Gasteiger charge is -2.41. The number of benzene rings is 2. The molecule has 0 saturated carbocycles. The van der Waals surface area contributed by atoms with Crippen molar-refractivity contribution < 1.29 is 23.5 Å². The number of likely N-dealkylation sites (tertiary alicyclic amines) is 1. The number of carbonyl (C=O) groups is 3. The number of esters is 1. The summed E-state index contributed by atoms with van der Waals surface area (Å²) < 4.78 is 19.2. The summed E-state index contributed by atoms with van der Waals surface area (Å²) in [6.07, 6.45) is 3.73. The summed E-state index contributed by atoms with van der Waals surface area (Å²) in [5, 5.41) is 2.93. The highest BCUT2D eigenvalue weighted by atomic mass is 35.5. The van der Waals surface area contributed by atoms with E-state index in [2.05, 4.69) is 18.5 Å². The molecule has 3 aliphatic rings. The molecule has 0 radical (unpaired) electrons. The molecule has 220 valence electrons. The molecule has 0 aliphatic carbocycles. The Morgan fingerprint density at radius 3 is 2.55 bits per heavy atom. The van der Waals surface area contributed by atoms with Crippen LogP contribution in [0.15, 0.2) is 73.3 Å². The van der Waals surface area contributed by atoms with E-state index in [4.69, 9.17) is 16.3 Å². The third kappa shape index (κ3) is 5.85. The molecule has 0 aromatic heterocycles. The Hall–Kier alpha value is -4.31. The molecule has 11 heteroatoms. The van der Waals surface area contributed by atoms with E-state index in [0.29, 0.717) is 55.1 Å². The summed E-state index contributed by atoms with van der Waals surface area (Å²) in [4.78, 5) is 45.5. The number of para-hydroxylation sites is 1. The molecule has 2 aromatic carbocycles. The van der Waals surface area contributed by atoms with Gasteiger partial charge in [-0.1, -0.05) is 55.1 Å². The third-order valence-corrected chi connectivity index (χ3v) is 8.41. The molecule has 3 heterocycles. The van der Waals surface area contributed by atoms with Crippen LogP contribution in [-0.4, -0.2) is 83.4 Å². The second kappa shape index (κ2) is 12.3. The first kappa shape index (κ1) is 29.2. The lowest BCUT2D eigenvalue weighted by molar-refractivity contribution is -0.141. The van der Waals surface area contributed by atoms with Gasteiger partial charge in [0.15, 0.2) is 0 Å². The molecule has 9 nitrogen and oxygen atoms in total. The predicted octanol–water partition coefficient (Wildman–Crippen LogP) is 4.68. The Balaban J connectivity index is 1.28. The smallest absolute Gasteiger partial charge is 0.325 e. The van der Waals surface area contributed by atoms with Crippen molar-refractivity contribution in [3.63, 3.8) is 0 Å². The first-order chi connectivity index (χ1) is 20.2. The van der Waals surface area contributed by atoms with Crippen molar-refractivity contribution >= 4 is 40.8 Å². The number of allylic oxidation sites excluding steroid dienone is 1. The zero-order valence-electron chi connectivity index (χ0n) is 23.4. The molecule has 1 fully saturated rings. The summed E-state index contributed by atoms with van der Waals surface area (Å²) >= 11 is 6.29. The van der Waals surface area contributed by atoms with Crippen molar-refractivity contribution in [3.8, 4) is 0 Å². The zero-order valence-corrected chi connectivity index (χ0v) is 24.2. The van der Waals surface area contributed by atoms with E-state index in [-0.39, 0.29) is 36.1 Å². The van der Waals surface area contributed by atoms with Crippen LogP contribution in [0.3, 0.4) is 0 Å². The van der Waals surface area contributed by atoms with Crippen LogP contribution in [0.25, 0.3) is 5.57 Å². The number of piperidine rings is 1. The fourth-order valence-corrected chi connectivity index (χ4v) is 5.85. The lowest BCUT2D eigenvalue weighted by atomic mass is 10.0. The van der Waals surface area contributed by atoms with Gasteiger partial charge in [0.2, 0.25) is 5.91 Å². The van der Waals surface area contributed by atoms with Gasteiger partial charge in [0.05, 0.1) is 12.1 Å². The minimum atomic E-state index is -0.598. The average Bonchev–Trinajstić information content (AvgIpc) is 3.16. The number of nitrogens with zero attached hydrogens (tertiary/aromatic N) is 4. The van der Waals surface area contributed by atoms with Gasteiger partial charge in [-0.05, 0) is 37.0 Å². The number of hydrogen-bond acceptors (Lipinski definition) is 6. The number of amides is 3. The number of fused-ring (bicyclic) bond motifs is 1. The van der Waals surface area contributed by atoms with Crippen LogP contribution >= 0.6 is 11.6 Å². The Bertz CT molecular complexity index is 1470. The van der Waals surface area contributed by atoms with Gasteiger partial charge in [0, 0.05) is 54.4 Å². The number of nitrogens with one attached hydrogen (secondary N) is 1. The van der Waals surface area contributed by atoms with E-state index in [1.54, 1.807) is 22.1 Å². The van der Waals surface area contributed by atoms with E-state index >= 15 is 0 Å². The first-order valence-corrected chi connectivity index (χ1v) is 14.1. The molecular weight excluding hydrogens is 561 g/mol. The summed E-state index contributed by atoms with van der Waals surface area (Å²) in [5.41, 5.74) is 3.16. The molecule has 1 saturated heterocycles. The lowest BCUT2D eigenvalue weighted by Crippen LogP contribution is -2.51. The molecule has 42 heavy (non-hydrogen) atoms. The van der Waals surface area contributed by atoms with Crippen molar-refractivity contribution in [1.29, 1.82) is 0 Å². The summed E-state index contributed by atoms with van der Waals surface area (Å²) in [6.45, 7) is 9.53. The van der Waals surface area contributed by atoms with Crippen LogP contribution in [0.5, 0.6) is 0 Å². The largest absolute Gasteiger partial charge is 0.468 e. The van der Waals surface area contributed by atoms with Crippen molar-refractivity contribution in [2.24, 2.45) is 0 Å². The van der Waals surface area contributed by atoms with Crippen LogP contribution in [0.1, 0.15) is 24.0 Å². The third-order valence-electron chi connectivity index (χ3n) is 8.03. The Morgan fingerprint density at radius 1 is 1.07 bits per heavy atom. The number of halogens is 2. The number of methoxy groups -OCH3 is 1. The fourth-order valence-electron chi connectivity index (χ4n) is 5.63. The van der Waals surface area contributed by atoms with Gasteiger partial charge in [-0.2, -0.15) is 0 Å². The van der Waals surface area contributed by atoms with Crippen LogP contribution in [0.4, 0.5) is 14.9 Å². The normalized spacial score (nSPS) is 17.9. The Labute approximate surface area is 249 Å². The second-order valence-electron chi connectivity index (χ2n) is 10.4. The standard InChI is InChI=1S/C31H33ClFN5O4/c1-20-25(24-8-6-9-26(33)30(24)32)17-36(21(2)38(20)19-29(40)42-3)18-28(39)35-14-12-23(13-15-35)37-16-11-22-7-4-5-10-27(22)34-31(37)41/h4-10,17,23H,1-2,11-16,18-19H2,3H3,(H,34,41). The quantitative estimate of drug-likeness (QED) is 0.490. The molecular formula is C31H33ClFN5O4. The zero-order chi connectivity index (χ0) is 30.0. The van der Waals surface area contributed by atoms with Crippen molar-refractivity contribution in [3.05, 3.63) is 95.3 Å². The molecule has 5 rings (SSSR count). The predicted molar refractivity (Wildman–Crippen MR) is 159 cm³/mol. The van der Waals surface area contributed by atoms with Crippen LogP contribution in [0, 0.1) is 5.82 Å². The number of hydrogen-bond donors (Lipinski definition) is 1. The summed E-state index contributed by atoms with van der Waals surface area (Å²) in [5.74, 6) is -0.920. The molecule has 2 aromatic rings. The second-order valence-corrected chi connectivity index (χ2v) is 10.8. The minimum absolute atomic E-state index is 0.0220. The van der Waals surface area contributed by atoms with Gasteiger partial charge in [0.25, 0.3) is 0 Å². The van der Waals surface area contributed by atoms with Crippen molar-refractivity contribution in [2.45, 2.75) is 25.3 Å². The molecule has 1 N–H and O–H groups in total. The Kier molecular flexibility index (Phi) is 8.54. The summed E-state index contributed by atoms with van der Waals surface area (Å²) in [7, 11) is 1.27. The monoisotopic (exact) mass is 593 g/mol. The maximum atomic E-state index is 14.3. The number of ether oxygens (including phenoxy) is 1. The van der Waals surface area contributed by atoms with E-state index in [0.717, 1.165) is 17.7 Å². The fraction of sp³-hybridized carbons (Fsp3) is 0.323. The van der Waals surface area contributed by atoms with Crippen LogP contribution < -0.4 is 5.32 Å². The van der Waals surface area contributed by atoms with Gasteiger partial charge in [0.1, 0.15) is 24.7 Å². The van der Waals surface area contributed by atoms with Gasteiger partial charge < -0.3 is 29.7 Å². The molecule has 0 unspecified atom stereocenters. The van der Waals surface area contributed by atoms with Crippen LogP contribution in [0.2, 0.25) is 5.02 Å². The van der Waals surface area contributed by atoms with E-state index in [9.17, 15) is 18.8 Å². The summed E-state index contributed by atoms with van der Waals surface area (Å²) in [6, 6.07) is 12.2. The molecule has 3 aliphatic heterocycles. The average molecular weight is 594 g/mol. The molecule has 3 amide bonds. The van der Waals surface area contributed by atoms with Crippen molar-refractivity contribution in [1.82, 2.24) is 19.6 Å². The highest BCUT2D eigenvalue weighted by Crippen LogP contribution is 2.37. The molecule has 0 spiro atoms. The number of rotatable bonds is 6. The van der Waals surface area contributed by atoms with Gasteiger partial charge in [-0.25, -0.2) is 9.18 Å².